The van der Waals surface area contributed by atoms with Crippen molar-refractivity contribution in [3.63, 3.8) is 0 Å². The molecule has 0 aliphatic carbocycles. The Balaban J connectivity index is 1.50. The molecule has 0 fully saturated rings. The van der Waals surface area contributed by atoms with E-state index in [2.05, 4.69) is 40.3 Å². The molecular formula is C16H14F2N8O. The van der Waals surface area contributed by atoms with E-state index in [0.29, 0.717) is 23.5 Å². The van der Waals surface area contributed by atoms with Gasteiger partial charge in [0.2, 0.25) is 5.88 Å². The molecule has 0 atom stereocenters. The van der Waals surface area contributed by atoms with E-state index >= 15 is 0 Å². The second-order valence-electron chi connectivity index (χ2n) is 5.56. The fourth-order valence-electron chi connectivity index (χ4n) is 2.51. The highest BCUT2D eigenvalue weighted by Gasteiger charge is 2.11. The molecule has 0 unspecified atom stereocenters. The molecule has 138 valence electrons. The number of hydrogen-bond acceptors (Lipinski definition) is 7. The van der Waals surface area contributed by atoms with Crippen molar-refractivity contribution in [3.8, 4) is 5.88 Å². The van der Waals surface area contributed by atoms with Crippen LogP contribution in [0.3, 0.4) is 0 Å². The Morgan fingerprint density at radius 2 is 2.04 bits per heavy atom. The van der Waals surface area contributed by atoms with Crippen molar-refractivity contribution in [1.82, 2.24) is 34.9 Å². The Labute approximate surface area is 151 Å². The predicted molar refractivity (Wildman–Crippen MR) is 91.8 cm³/mol. The summed E-state index contributed by atoms with van der Waals surface area (Å²) in [6, 6.07) is 5.20. The second kappa shape index (κ2) is 7.32. The van der Waals surface area contributed by atoms with E-state index in [1.54, 1.807) is 23.3 Å². The standard InChI is InChI=1S/C16H14F2N8O/c17-16(18)27-14-7-12(24-25-14)22-13-9-20-11-8-21-26(15(11)23-13)6-3-10-1-4-19-5-2-10/h1-2,4-5,7-9,16H,3,6H2,(H2,22,23,24,25). The number of hydrogen-bond donors (Lipinski definition) is 2. The minimum atomic E-state index is -2.93. The van der Waals surface area contributed by atoms with Crippen LogP contribution in [0.2, 0.25) is 0 Å². The summed E-state index contributed by atoms with van der Waals surface area (Å²) in [6.45, 7) is -2.30. The Hall–Kier alpha value is -3.63. The fourth-order valence-corrected chi connectivity index (χ4v) is 2.51. The third-order valence-corrected chi connectivity index (χ3v) is 3.73. The largest absolute Gasteiger partial charge is 0.417 e. The molecule has 4 rings (SSSR count). The number of rotatable bonds is 7. The average molecular weight is 372 g/mol. The van der Waals surface area contributed by atoms with E-state index in [0.717, 1.165) is 12.0 Å². The number of nitrogens with one attached hydrogen (secondary N) is 2. The first-order valence-corrected chi connectivity index (χ1v) is 8.02. The molecule has 0 aliphatic heterocycles. The lowest BCUT2D eigenvalue weighted by Gasteiger charge is -2.05. The number of fused-ring (bicyclic) bond motifs is 1. The average Bonchev–Trinajstić information content (AvgIpc) is 3.27. The number of aromatic amines is 1. The van der Waals surface area contributed by atoms with Gasteiger partial charge in [0.05, 0.1) is 12.4 Å². The van der Waals surface area contributed by atoms with Crippen molar-refractivity contribution in [2.24, 2.45) is 0 Å². The lowest BCUT2D eigenvalue weighted by atomic mass is 10.2. The molecule has 11 heteroatoms. The van der Waals surface area contributed by atoms with Gasteiger partial charge in [-0.25, -0.2) is 19.7 Å². The molecule has 4 heterocycles. The molecule has 0 aromatic carbocycles. The normalized spacial score (nSPS) is 11.2. The highest BCUT2D eigenvalue weighted by molar-refractivity contribution is 5.71. The smallest absolute Gasteiger partial charge is 0.388 e. The number of ether oxygens (including phenoxy) is 1. The molecule has 0 saturated heterocycles. The predicted octanol–water partition coefficient (Wildman–Crippen LogP) is 2.53. The van der Waals surface area contributed by atoms with Crippen molar-refractivity contribution in [3.05, 3.63) is 48.5 Å². The minimum absolute atomic E-state index is 0.149. The molecule has 0 spiro atoms. The van der Waals surface area contributed by atoms with Gasteiger partial charge in [0, 0.05) is 25.0 Å². The van der Waals surface area contributed by atoms with E-state index in [1.165, 1.54) is 12.3 Å². The summed E-state index contributed by atoms with van der Waals surface area (Å²) in [5.41, 5.74) is 2.40. The van der Waals surface area contributed by atoms with Gasteiger partial charge < -0.3 is 10.1 Å². The molecule has 9 nitrogen and oxygen atoms in total. The van der Waals surface area contributed by atoms with Gasteiger partial charge >= 0.3 is 6.61 Å². The van der Waals surface area contributed by atoms with Crippen molar-refractivity contribution in [2.75, 3.05) is 5.32 Å². The number of H-pyrrole nitrogens is 1. The number of aromatic nitrogens is 7. The van der Waals surface area contributed by atoms with E-state index in [4.69, 9.17) is 0 Å². The van der Waals surface area contributed by atoms with Crippen LogP contribution in [0.5, 0.6) is 5.88 Å². The van der Waals surface area contributed by atoms with Gasteiger partial charge in [-0.3, -0.25) is 4.98 Å². The summed E-state index contributed by atoms with van der Waals surface area (Å²) in [7, 11) is 0. The second-order valence-corrected chi connectivity index (χ2v) is 5.56. The highest BCUT2D eigenvalue weighted by Crippen LogP contribution is 2.19. The SMILES string of the molecule is FC(F)Oc1cc(Nc2cnc3cnn(CCc4ccncc4)c3n2)n[nH]1. The first-order chi connectivity index (χ1) is 13.2. The molecule has 4 aromatic rings. The summed E-state index contributed by atoms with van der Waals surface area (Å²) >= 11 is 0. The van der Waals surface area contributed by atoms with Crippen LogP contribution in [-0.4, -0.2) is 41.5 Å². The van der Waals surface area contributed by atoms with Crippen molar-refractivity contribution >= 4 is 22.8 Å². The maximum Gasteiger partial charge on any atom is 0.388 e. The van der Waals surface area contributed by atoms with Crippen LogP contribution in [0, 0.1) is 0 Å². The summed E-state index contributed by atoms with van der Waals surface area (Å²) < 4.78 is 30.4. The van der Waals surface area contributed by atoms with Crippen LogP contribution >= 0.6 is 0 Å². The van der Waals surface area contributed by atoms with Crippen LogP contribution in [0.25, 0.3) is 11.2 Å². The van der Waals surface area contributed by atoms with Gasteiger partial charge in [-0.15, -0.1) is 0 Å². The monoisotopic (exact) mass is 372 g/mol. The van der Waals surface area contributed by atoms with E-state index < -0.39 is 6.61 Å². The van der Waals surface area contributed by atoms with Crippen molar-refractivity contribution in [2.45, 2.75) is 19.6 Å². The maximum absolute atomic E-state index is 12.2. The molecule has 0 radical (unpaired) electrons. The topological polar surface area (TPSA) is 106 Å². The molecular weight excluding hydrogens is 358 g/mol. The zero-order valence-electron chi connectivity index (χ0n) is 13.9. The fraction of sp³-hybridized carbons (Fsp3) is 0.188. The van der Waals surface area contributed by atoms with Gasteiger partial charge in [-0.05, 0) is 24.1 Å². The van der Waals surface area contributed by atoms with Gasteiger partial charge in [0.15, 0.2) is 17.3 Å². The van der Waals surface area contributed by atoms with E-state index in [1.807, 2.05) is 12.1 Å². The van der Waals surface area contributed by atoms with Gasteiger partial charge in [-0.1, -0.05) is 0 Å². The van der Waals surface area contributed by atoms with E-state index in [9.17, 15) is 8.78 Å². The molecule has 0 aliphatic rings. The van der Waals surface area contributed by atoms with Crippen molar-refractivity contribution in [1.29, 1.82) is 0 Å². The lowest BCUT2D eigenvalue weighted by molar-refractivity contribution is -0.0528. The summed E-state index contributed by atoms with van der Waals surface area (Å²) in [4.78, 5) is 12.8. The molecule has 0 saturated carbocycles. The minimum Gasteiger partial charge on any atom is -0.417 e. The first-order valence-electron chi connectivity index (χ1n) is 8.02. The van der Waals surface area contributed by atoms with Crippen molar-refractivity contribution < 1.29 is 13.5 Å². The maximum atomic E-state index is 12.2. The molecule has 4 aromatic heterocycles. The third-order valence-electron chi connectivity index (χ3n) is 3.73. The Bertz CT molecular complexity index is 1030. The van der Waals surface area contributed by atoms with Crippen LogP contribution in [0.1, 0.15) is 5.56 Å². The summed E-state index contributed by atoms with van der Waals surface area (Å²) in [5.74, 6) is 0.536. The Kier molecular flexibility index (Phi) is 4.56. The highest BCUT2D eigenvalue weighted by atomic mass is 19.3. The van der Waals surface area contributed by atoms with Crippen LogP contribution in [0.15, 0.2) is 43.0 Å². The molecule has 2 N–H and O–H groups in total. The number of aryl methyl sites for hydroxylation is 2. The number of halogens is 2. The molecule has 0 bridgehead atoms. The number of pyridine rings is 1. The Morgan fingerprint density at radius 3 is 2.85 bits per heavy atom. The molecule has 27 heavy (non-hydrogen) atoms. The van der Waals surface area contributed by atoms with Gasteiger partial charge in [-0.2, -0.15) is 19.0 Å². The number of anilines is 2. The first kappa shape index (κ1) is 16.8. The lowest BCUT2D eigenvalue weighted by Crippen LogP contribution is -2.05. The number of alkyl halides is 2. The number of nitrogens with zero attached hydrogens (tertiary/aromatic N) is 6. The van der Waals surface area contributed by atoms with Gasteiger partial charge in [0.1, 0.15) is 5.52 Å². The van der Waals surface area contributed by atoms with Gasteiger partial charge in [0.25, 0.3) is 0 Å². The zero-order valence-corrected chi connectivity index (χ0v) is 13.9. The third kappa shape index (κ3) is 3.97. The zero-order chi connectivity index (χ0) is 18.6. The summed E-state index contributed by atoms with van der Waals surface area (Å²) in [5, 5.41) is 13.4. The summed E-state index contributed by atoms with van der Waals surface area (Å²) in [6.07, 6.45) is 7.41. The van der Waals surface area contributed by atoms with Crippen LogP contribution in [0.4, 0.5) is 20.4 Å². The van der Waals surface area contributed by atoms with Crippen LogP contribution in [-0.2, 0) is 13.0 Å². The van der Waals surface area contributed by atoms with Crippen LogP contribution < -0.4 is 10.1 Å². The molecule has 0 amide bonds. The Morgan fingerprint density at radius 1 is 1.19 bits per heavy atom. The van der Waals surface area contributed by atoms with E-state index in [-0.39, 0.29) is 11.7 Å². The quantitative estimate of drug-likeness (QED) is 0.513.